The van der Waals surface area contributed by atoms with Gasteiger partial charge in [0.2, 0.25) is 11.7 Å². The van der Waals surface area contributed by atoms with Crippen LogP contribution in [0.1, 0.15) is 18.7 Å². The molecule has 19 heavy (non-hydrogen) atoms. The highest BCUT2D eigenvalue weighted by molar-refractivity contribution is 9.10. The van der Waals surface area contributed by atoms with Crippen LogP contribution in [0.5, 0.6) is 0 Å². The lowest BCUT2D eigenvalue weighted by atomic mass is 10.2. The lowest BCUT2D eigenvalue weighted by molar-refractivity contribution is 0.367. The molecule has 0 radical (unpaired) electrons. The maximum atomic E-state index is 13.1. The minimum atomic E-state index is -0.307. The van der Waals surface area contributed by atoms with Crippen LogP contribution in [-0.2, 0) is 6.54 Å². The molecule has 2 aromatic rings. The molecule has 0 spiro atoms. The van der Waals surface area contributed by atoms with Crippen LogP contribution in [0.3, 0.4) is 0 Å². The summed E-state index contributed by atoms with van der Waals surface area (Å²) in [6, 6.07) is 4.65. The van der Waals surface area contributed by atoms with Crippen LogP contribution >= 0.6 is 15.9 Å². The Kier molecular flexibility index (Phi) is 3.61. The Morgan fingerprint density at radius 2 is 2.26 bits per heavy atom. The highest BCUT2D eigenvalue weighted by atomic mass is 79.9. The van der Waals surface area contributed by atoms with Gasteiger partial charge < -0.3 is 9.84 Å². The Bertz CT molecular complexity index is 583. The van der Waals surface area contributed by atoms with E-state index >= 15 is 0 Å². The SMILES string of the molecule is Fc1ccc(-c2noc(CNCC3CC3)n2)cc1Br. The third-order valence-electron chi connectivity index (χ3n) is 3.05. The quantitative estimate of drug-likeness (QED) is 0.917. The van der Waals surface area contributed by atoms with Crippen LogP contribution in [0, 0.1) is 11.7 Å². The smallest absolute Gasteiger partial charge is 0.240 e. The first kappa shape index (κ1) is 12.7. The average molecular weight is 326 g/mol. The van der Waals surface area contributed by atoms with Crippen molar-refractivity contribution in [2.24, 2.45) is 5.92 Å². The zero-order chi connectivity index (χ0) is 13.2. The Labute approximate surface area is 118 Å². The van der Waals surface area contributed by atoms with Crippen LogP contribution in [-0.4, -0.2) is 16.7 Å². The molecule has 0 saturated heterocycles. The molecule has 1 fully saturated rings. The van der Waals surface area contributed by atoms with Crippen molar-refractivity contribution in [2.75, 3.05) is 6.54 Å². The molecular formula is C13H13BrFN3O. The van der Waals surface area contributed by atoms with E-state index in [9.17, 15) is 4.39 Å². The highest BCUT2D eigenvalue weighted by Gasteiger charge is 2.20. The van der Waals surface area contributed by atoms with Crippen LogP contribution < -0.4 is 5.32 Å². The first-order chi connectivity index (χ1) is 9.22. The van der Waals surface area contributed by atoms with E-state index in [0.717, 1.165) is 18.0 Å². The van der Waals surface area contributed by atoms with Crippen LogP contribution in [0.2, 0.25) is 0 Å². The summed E-state index contributed by atoms with van der Waals surface area (Å²) in [5.41, 5.74) is 0.727. The van der Waals surface area contributed by atoms with E-state index in [2.05, 4.69) is 31.4 Å². The van der Waals surface area contributed by atoms with Gasteiger partial charge in [0.1, 0.15) is 5.82 Å². The van der Waals surface area contributed by atoms with E-state index in [0.29, 0.717) is 22.7 Å². The fourth-order valence-electron chi connectivity index (χ4n) is 1.78. The number of hydrogen-bond acceptors (Lipinski definition) is 4. The lowest BCUT2D eigenvalue weighted by Gasteiger charge is -1.98. The van der Waals surface area contributed by atoms with Gasteiger partial charge in [-0.2, -0.15) is 4.98 Å². The van der Waals surface area contributed by atoms with E-state index in [1.54, 1.807) is 12.1 Å². The summed E-state index contributed by atoms with van der Waals surface area (Å²) < 4.78 is 18.7. The van der Waals surface area contributed by atoms with Crippen molar-refractivity contribution >= 4 is 15.9 Å². The second kappa shape index (κ2) is 5.38. The van der Waals surface area contributed by atoms with Gasteiger partial charge in [-0.1, -0.05) is 5.16 Å². The lowest BCUT2D eigenvalue weighted by Crippen LogP contribution is -2.16. The number of nitrogens with zero attached hydrogens (tertiary/aromatic N) is 2. The highest BCUT2D eigenvalue weighted by Crippen LogP contribution is 2.27. The third-order valence-corrected chi connectivity index (χ3v) is 3.66. The van der Waals surface area contributed by atoms with E-state index in [4.69, 9.17) is 4.52 Å². The number of halogens is 2. The fraction of sp³-hybridized carbons (Fsp3) is 0.385. The van der Waals surface area contributed by atoms with Crippen molar-refractivity contribution in [3.63, 3.8) is 0 Å². The van der Waals surface area contributed by atoms with Crippen molar-refractivity contribution in [3.05, 3.63) is 34.4 Å². The molecule has 1 aliphatic rings. The second-order valence-corrected chi connectivity index (χ2v) is 5.57. The summed E-state index contributed by atoms with van der Waals surface area (Å²) in [5, 5.41) is 7.18. The molecule has 100 valence electrons. The van der Waals surface area contributed by atoms with Crippen molar-refractivity contribution < 1.29 is 8.91 Å². The first-order valence-electron chi connectivity index (χ1n) is 6.21. The molecule has 1 aromatic heterocycles. The van der Waals surface area contributed by atoms with E-state index in [-0.39, 0.29) is 5.82 Å². The maximum Gasteiger partial charge on any atom is 0.240 e. The van der Waals surface area contributed by atoms with Crippen LogP contribution in [0.15, 0.2) is 27.2 Å². The van der Waals surface area contributed by atoms with E-state index in [1.165, 1.54) is 18.9 Å². The van der Waals surface area contributed by atoms with Gasteiger partial charge in [-0.15, -0.1) is 0 Å². The second-order valence-electron chi connectivity index (χ2n) is 4.71. The van der Waals surface area contributed by atoms with Gasteiger partial charge in [0.15, 0.2) is 0 Å². The van der Waals surface area contributed by atoms with Gasteiger partial charge in [-0.05, 0) is 59.4 Å². The van der Waals surface area contributed by atoms with Gasteiger partial charge in [0.25, 0.3) is 0 Å². The number of rotatable bonds is 5. The molecule has 1 saturated carbocycles. The summed E-state index contributed by atoms with van der Waals surface area (Å²) in [6.07, 6.45) is 2.62. The molecule has 1 aliphatic carbocycles. The molecule has 0 unspecified atom stereocenters. The number of aromatic nitrogens is 2. The summed E-state index contributed by atoms with van der Waals surface area (Å²) >= 11 is 3.14. The molecule has 0 atom stereocenters. The van der Waals surface area contributed by atoms with Gasteiger partial charge in [0.05, 0.1) is 11.0 Å². The molecule has 0 bridgehead atoms. The summed E-state index contributed by atoms with van der Waals surface area (Å²) in [7, 11) is 0. The molecule has 1 N–H and O–H groups in total. The Morgan fingerprint density at radius 1 is 1.42 bits per heavy atom. The summed E-state index contributed by atoms with van der Waals surface area (Å²) in [6.45, 7) is 1.58. The molecule has 1 aromatic carbocycles. The van der Waals surface area contributed by atoms with Crippen LogP contribution in [0.4, 0.5) is 4.39 Å². The van der Waals surface area contributed by atoms with E-state index in [1.807, 2.05) is 0 Å². The Hall–Kier alpha value is -1.27. The first-order valence-corrected chi connectivity index (χ1v) is 7.00. The molecule has 4 nitrogen and oxygen atoms in total. The number of benzene rings is 1. The van der Waals surface area contributed by atoms with Crippen molar-refractivity contribution in [1.82, 2.24) is 15.5 Å². The molecule has 0 amide bonds. The van der Waals surface area contributed by atoms with Gasteiger partial charge >= 0.3 is 0 Å². The molecule has 0 aliphatic heterocycles. The van der Waals surface area contributed by atoms with E-state index < -0.39 is 0 Å². The normalized spacial score (nSPS) is 14.8. The minimum Gasteiger partial charge on any atom is -0.338 e. The molecular weight excluding hydrogens is 313 g/mol. The third kappa shape index (κ3) is 3.19. The monoisotopic (exact) mass is 325 g/mol. The van der Waals surface area contributed by atoms with Gasteiger partial charge in [0, 0.05) is 5.56 Å². The Balaban J connectivity index is 1.67. The maximum absolute atomic E-state index is 13.1. The predicted octanol–water partition coefficient (Wildman–Crippen LogP) is 3.14. The number of nitrogens with one attached hydrogen (secondary N) is 1. The predicted molar refractivity (Wildman–Crippen MR) is 71.8 cm³/mol. The van der Waals surface area contributed by atoms with Crippen LogP contribution in [0.25, 0.3) is 11.4 Å². The van der Waals surface area contributed by atoms with Crippen molar-refractivity contribution in [1.29, 1.82) is 0 Å². The van der Waals surface area contributed by atoms with Crippen molar-refractivity contribution in [3.8, 4) is 11.4 Å². The molecule has 1 heterocycles. The zero-order valence-electron chi connectivity index (χ0n) is 10.2. The zero-order valence-corrected chi connectivity index (χ0v) is 11.8. The average Bonchev–Trinajstić information content (AvgIpc) is 3.10. The minimum absolute atomic E-state index is 0.307. The van der Waals surface area contributed by atoms with Crippen molar-refractivity contribution in [2.45, 2.75) is 19.4 Å². The largest absolute Gasteiger partial charge is 0.338 e. The van der Waals surface area contributed by atoms with Gasteiger partial charge in [-0.3, -0.25) is 0 Å². The van der Waals surface area contributed by atoms with Gasteiger partial charge in [-0.25, -0.2) is 4.39 Å². The summed E-state index contributed by atoms with van der Waals surface area (Å²) in [5.74, 6) is 1.54. The standard InChI is InChI=1S/C13H13BrFN3O/c14-10-5-9(3-4-11(10)15)13-17-12(19-18-13)7-16-6-8-1-2-8/h3-5,8,16H,1-2,6-7H2. The summed E-state index contributed by atoms with van der Waals surface area (Å²) in [4.78, 5) is 4.28. The number of hydrogen-bond donors (Lipinski definition) is 1. The fourth-order valence-corrected chi connectivity index (χ4v) is 2.16. The Morgan fingerprint density at radius 3 is 3.00 bits per heavy atom. The molecule has 3 rings (SSSR count). The molecule has 6 heteroatoms. The topological polar surface area (TPSA) is 51.0 Å².